The molecule has 1 heterocycles. The van der Waals surface area contributed by atoms with Gasteiger partial charge in [0.2, 0.25) is 5.91 Å². The third-order valence-electron chi connectivity index (χ3n) is 5.10. The maximum atomic E-state index is 12.7. The number of hydrogen-bond acceptors (Lipinski definition) is 6. The standard InChI is InChI=1S/C25H26N2O5S/c1-15-16(2)33-24(26-17(3)28)22(15)25(30)32-14-21(29)27-23(18-8-6-5-7-9-18)19-10-12-20(31-4)13-11-19/h5-13,23H,14H2,1-4H3,(H,26,28)(H,27,29)/t23-/m1/s1. The maximum Gasteiger partial charge on any atom is 0.341 e. The number of anilines is 1. The van der Waals surface area contributed by atoms with E-state index in [1.807, 2.05) is 61.5 Å². The summed E-state index contributed by atoms with van der Waals surface area (Å²) in [5.41, 5.74) is 2.74. The van der Waals surface area contributed by atoms with Crippen molar-refractivity contribution >= 4 is 34.1 Å². The lowest BCUT2D eigenvalue weighted by molar-refractivity contribution is -0.124. The number of carbonyl (C=O) groups excluding carboxylic acids is 3. The minimum Gasteiger partial charge on any atom is -0.497 e. The average molecular weight is 467 g/mol. The monoisotopic (exact) mass is 466 g/mol. The molecule has 3 aromatic rings. The predicted octanol–water partition coefficient (Wildman–Crippen LogP) is 4.39. The molecular weight excluding hydrogens is 440 g/mol. The summed E-state index contributed by atoms with van der Waals surface area (Å²) in [6.07, 6.45) is 0. The Morgan fingerprint density at radius 2 is 1.61 bits per heavy atom. The van der Waals surface area contributed by atoms with Crippen molar-refractivity contribution in [2.75, 3.05) is 19.0 Å². The molecule has 0 unspecified atom stereocenters. The number of aryl methyl sites for hydroxylation is 1. The molecule has 3 rings (SSSR count). The molecule has 0 saturated heterocycles. The van der Waals surface area contributed by atoms with Crippen molar-refractivity contribution in [1.82, 2.24) is 5.32 Å². The lowest BCUT2D eigenvalue weighted by atomic mass is 9.98. The lowest BCUT2D eigenvalue weighted by Crippen LogP contribution is -2.33. The molecule has 1 aromatic heterocycles. The smallest absolute Gasteiger partial charge is 0.341 e. The SMILES string of the molecule is COc1ccc([C@H](NC(=O)COC(=O)c2c(NC(C)=O)sc(C)c2C)c2ccccc2)cc1. The van der Waals surface area contributed by atoms with Crippen molar-refractivity contribution in [3.8, 4) is 5.75 Å². The van der Waals surface area contributed by atoms with E-state index in [1.165, 1.54) is 18.3 Å². The highest BCUT2D eigenvalue weighted by molar-refractivity contribution is 7.16. The van der Waals surface area contributed by atoms with E-state index >= 15 is 0 Å². The second kappa shape index (κ2) is 10.8. The fourth-order valence-corrected chi connectivity index (χ4v) is 4.42. The van der Waals surface area contributed by atoms with Gasteiger partial charge in [0, 0.05) is 11.8 Å². The molecular formula is C25H26N2O5S. The number of hydrogen-bond donors (Lipinski definition) is 2. The molecule has 33 heavy (non-hydrogen) atoms. The summed E-state index contributed by atoms with van der Waals surface area (Å²) in [5.74, 6) is -0.675. The van der Waals surface area contributed by atoms with Crippen LogP contribution in [0.2, 0.25) is 0 Å². The highest BCUT2D eigenvalue weighted by Gasteiger charge is 2.23. The quantitative estimate of drug-likeness (QED) is 0.480. The van der Waals surface area contributed by atoms with Gasteiger partial charge in [0.1, 0.15) is 10.8 Å². The van der Waals surface area contributed by atoms with Crippen molar-refractivity contribution in [3.63, 3.8) is 0 Å². The van der Waals surface area contributed by atoms with Gasteiger partial charge in [-0.25, -0.2) is 4.79 Å². The molecule has 0 saturated carbocycles. The highest BCUT2D eigenvalue weighted by atomic mass is 32.1. The first kappa shape index (κ1) is 24.0. The molecule has 0 bridgehead atoms. The van der Waals surface area contributed by atoms with Crippen molar-refractivity contribution in [3.05, 3.63) is 81.7 Å². The summed E-state index contributed by atoms with van der Waals surface area (Å²) in [4.78, 5) is 37.8. The van der Waals surface area contributed by atoms with E-state index in [0.717, 1.165) is 21.6 Å². The zero-order valence-electron chi connectivity index (χ0n) is 18.9. The van der Waals surface area contributed by atoms with E-state index in [4.69, 9.17) is 9.47 Å². The van der Waals surface area contributed by atoms with Gasteiger partial charge in [-0.3, -0.25) is 9.59 Å². The topological polar surface area (TPSA) is 93.7 Å². The third-order valence-corrected chi connectivity index (χ3v) is 6.22. The van der Waals surface area contributed by atoms with Gasteiger partial charge in [0.25, 0.3) is 5.91 Å². The van der Waals surface area contributed by atoms with Crippen LogP contribution in [-0.2, 0) is 14.3 Å². The van der Waals surface area contributed by atoms with Crippen LogP contribution in [0.15, 0.2) is 54.6 Å². The van der Waals surface area contributed by atoms with E-state index in [9.17, 15) is 14.4 Å². The third kappa shape index (κ3) is 5.98. The number of ether oxygens (including phenoxy) is 2. The molecule has 2 amide bonds. The Morgan fingerprint density at radius 3 is 2.21 bits per heavy atom. The van der Waals surface area contributed by atoms with Crippen molar-refractivity contribution in [2.45, 2.75) is 26.8 Å². The van der Waals surface area contributed by atoms with Crippen LogP contribution >= 0.6 is 11.3 Å². The van der Waals surface area contributed by atoms with Gasteiger partial charge in [-0.15, -0.1) is 11.3 Å². The Morgan fingerprint density at radius 1 is 0.970 bits per heavy atom. The molecule has 2 aromatic carbocycles. The molecule has 2 N–H and O–H groups in total. The number of thiophene rings is 1. The number of benzene rings is 2. The van der Waals surface area contributed by atoms with Crippen LogP contribution in [0.3, 0.4) is 0 Å². The number of rotatable bonds is 8. The summed E-state index contributed by atoms with van der Waals surface area (Å²) < 4.78 is 10.5. The van der Waals surface area contributed by atoms with E-state index in [1.54, 1.807) is 14.0 Å². The van der Waals surface area contributed by atoms with E-state index in [2.05, 4.69) is 10.6 Å². The first-order valence-corrected chi connectivity index (χ1v) is 11.1. The Hall–Kier alpha value is -3.65. The van der Waals surface area contributed by atoms with Gasteiger partial charge in [0.15, 0.2) is 6.61 Å². The summed E-state index contributed by atoms with van der Waals surface area (Å²) in [5, 5.41) is 6.01. The van der Waals surface area contributed by atoms with Crippen molar-refractivity contribution in [1.29, 1.82) is 0 Å². The average Bonchev–Trinajstić information content (AvgIpc) is 3.08. The van der Waals surface area contributed by atoms with Crippen molar-refractivity contribution < 1.29 is 23.9 Å². The molecule has 8 heteroatoms. The van der Waals surface area contributed by atoms with Gasteiger partial charge >= 0.3 is 5.97 Å². The van der Waals surface area contributed by atoms with Crippen LogP contribution in [0, 0.1) is 13.8 Å². The highest BCUT2D eigenvalue weighted by Crippen LogP contribution is 2.33. The number of carbonyl (C=O) groups is 3. The summed E-state index contributed by atoms with van der Waals surface area (Å²) in [7, 11) is 1.59. The molecule has 172 valence electrons. The van der Waals surface area contributed by atoms with Crippen LogP contribution in [0.4, 0.5) is 5.00 Å². The second-order valence-electron chi connectivity index (χ2n) is 7.43. The first-order chi connectivity index (χ1) is 15.8. The Kier molecular flexibility index (Phi) is 7.84. The first-order valence-electron chi connectivity index (χ1n) is 10.3. The molecule has 0 radical (unpaired) electrons. The summed E-state index contributed by atoms with van der Waals surface area (Å²) in [6.45, 7) is 4.55. The number of nitrogens with one attached hydrogen (secondary N) is 2. The zero-order chi connectivity index (χ0) is 24.0. The molecule has 7 nitrogen and oxygen atoms in total. The lowest BCUT2D eigenvalue weighted by Gasteiger charge is -2.20. The fraction of sp³-hybridized carbons (Fsp3) is 0.240. The molecule has 0 spiro atoms. The summed E-state index contributed by atoms with van der Waals surface area (Å²) in [6, 6.07) is 16.5. The zero-order valence-corrected chi connectivity index (χ0v) is 19.7. The second-order valence-corrected chi connectivity index (χ2v) is 8.65. The predicted molar refractivity (Wildman–Crippen MR) is 128 cm³/mol. The largest absolute Gasteiger partial charge is 0.497 e. The van der Waals surface area contributed by atoms with Gasteiger partial charge in [-0.05, 0) is 42.7 Å². The van der Waals surface area contributed by atoms with Gasteiger partial charge in [-0.1, -0.05) is 42.5 Å². The van der Waals surface area contributed by atoms with Crippen LogP contribution in [0.25, 0.3) is 0 Å². The van der Waals surface area contributed by atoms with E-state index in [0.29, 0.717) is 10.8 Å². The van der Waals surface area contributed by atoms with Gasteiger partial charge in [-0.2, -0.15) is 0 Å². The Bertz CT molecular complexity index is 1140. The van der Waals surface area contributed by atoms with Gasteiger partial charge in [0.05, 0.1) is 18.7 Å². The van der Waals surface area contributed by atoms with E-state index < -0.39 is 24.5 Å². The number of amides is 2. The number of methoxy groups -OCH3 is 1. The van der Waals surface area contributed by atoms with Crippen molar-refractivity contribution in [2.24, 2.45) is 0 Å². The molecule has 0 aliphatic rings. The molecule has 0 aliphatic heterocycles. The van der Waals surface area contributed by atoms with Crippen LogP contribution in [0.1, 0.15) is 44.9 Å². The van der Waals surface area contributed by atoms with E-state index in [-0.39, 0.29) is 11.5 Å². The number of esters is 1. The molecule has 0 fully saturated rings. The minimum atomic E-state index is -0.656. The van der Waals surface area contributed by atoms with Crippen LogP contribution < -0.4 is 15.4 Å². The van der Waals surface area contributed by atoms with Crippen LogP contribution in [0.5, 0.6) is 5.75 Å². The van der Waals surface area contributed by atoms with Crippen LogP contribution in [-0.4, -0.2) is 31.5 Å². The minimum absolute atomic E-state index is 0.273. The maximum absolute atomic E-state index is 12.7. The normalized spacial score (nSPS) is 11.4. The Balaban J connectivity index is 1.73. The fourth-order valence-electron chi connectivity index (χ4n) is 3.33. The molecule has 0 aliphatic carbocycles. The van der Waals surface area contributed by atoms with Gasteiger partial charge < -0.3 is 20.1 Å². The Labute approximate surface area is 196 Å². The molecule has 1 atom stereocenters. The summed E-state index contributed by atoms with van der Waals surface area (Å²) >= 11 is 1.30.